The third kappa shape index (κ3) is 3.25. The molecule has 25 heavy (non-hydrogen) atoms. The second kappa shape index (κ2) is 6.16. The Hall–Kier alpha value is -2.38. The Morgan fingerprint density at radius 1 is 1.00 bits per heavy atom. The van der Waals surface area contributed by atoms with E-state index in [0.29, 0.717) is 24.9 Å². The lowest BCUT2D eigenvalue weighted by molar-refractivity contribution is -0.141. The molecule has 2 aromatic rings. The number of aromatic nitrogens is 3. The Morgan fingerprint density at radius 3 is 2.56 bits per heavy atom. The van der Waals surface area contributed by atoms with Crippen LogP contribution in [0.2, 0.25) is 0 Å². The van der Waals surface area contributed by atoms with E-state index in [1.54, 1.807) is 6.20 Å². The second-order valence-corrected chi connectivity index (χ2v) is 6.61. The van der Waals surface area contributed by atoms with E-state index in [0.717, 1.165) is 31.3 Å². The van der Waals surface area contributed by atoms with Gasteiger partial charge in [0.25, 0.3) is 0 Å². The van der Waals surface area contributed by atoms with Crippen LogP contribution in [-0.2, 0) is 6.18 Å². The molecule has 5 nitrogen and oxygen atoms in total. The van der Waals surface area contributed by atoms with E-state index in [2.05, 4.69) is 19.9 Å². The minimum absolute atomic E-state index is 0.178. The van der Waals surface area contributed by atoms with Crippen LogP contribution in [0.3, 0.4) is 0 Å². The van der Waals surface area contributed by atoms with Crippen LogP contribution >= 0.6 is 0 Å². The fourth-order valence-electron chi connectivity index (χ4n) is 3.77. The molecule has 2 aliphatic rings. The highest BCUT2D eigenvalue weighted by Crippen LogP contribution is 2.35. The summed E-state index contributed by atoms with van der Waals surface area (Å²) >= 11 is 0. The van der Waals surface area contributed by atoms with Crippen molar-refractivity contribution in [3.63, 3.8) is 0 Å². The largest absolute Gasteiger partial charge is 0.433 e. The highest BCUT2D eigenvalue weighted by molar-refractivity contribution is 5.45. The lowest BCUT2D eigenvalue weighted by Crippen LogP contribution is -2.40. The Balaban J connectivity index is 1.48. The number of pyridine rings is 1. The van der Waals surface area contributed by atoms with Crippen LogP contribution in [0.25, 0.3) is 0 Å². The second-order valence-electron chi connectivity index (χ2n) is 6.61. The van der Waals surface area contributed by atoms with Crippen LogP contribution in [-0.4, -0.2) is 41.1 Å². The first-order valence-corrected chi connectivity index (χ1v) is 8.31. The lowest BCUT2D eigenvalue weighted by atomic mass is 9.88. The Bertz CT molecular complexity index is 737. The first kappa shape index (κ1) is 16.1. The summed E-state index contributed by atoms with van der Waals surface area (Å²) in [7, 11) is 0. The highest BCUT2D eigenvalue weighted by Gasteiger charge is 2.39. The van der Waals surface area contributed by atoms with Gasteiger partial charge in [-0.25, -0.2) is 9.97 Å². The molecule has 0 aliphatic carbocycles. The minimum Gasteiger partial charge on any atom is -0.370 e. The maximum absolute atomic E-state index is 12.9. The maximum atomic E-state index is 12.9. The summed E-state index contributed by atoms with van der Waals surface area (Å²) in [5.41, 5.74) is 0.207. The van der Waals surface area contributed by atoms with Gasteiger partial charge in [0, 0.05) is 38.6 Å². The van der Waals surface area contributed by atoms with Crippen LogP contribution in [0.4, 0.5) is 24.8 Å². The molecule has 2 aliphatic heterocycles. The summed E-state index contributed by atoms with van der Waals surface area (Å²) in [6.07, 6.45) is 1.35. The van der Waals surface area contributed by atoms with Crippen molar-refractivity contribution in [2.45, 2.75) is 12.6 Å². The normalized spacial score (nSPS) is 23.6. The molecule has 2 aromatic heterocycles. The van der Waals surface area contributed by atoms with Crippen molar-refractivity contribution in [2.24, 2.45) is 11.8 Å². The van der Waals surface area contributed by atoms with E-state index in [4.69, 9.17) is 0 Å². The number of rotatable bonds is 2. The van der Waals surface area contributed by atoms with Crippen molar-refractivity contribution < 1.29 is 13.2 Å². The van der Waals surface area contributed by atoms with Crippen molar-refractivity contribution in [2.75, 3.05) is 36.0 Å². The van der Waals surface area contributed by atoms with Crippen LogP contribution < -0.4 is 9.80 Å². The number of anilines is 2. The van der Waals surface area contributed by atoms with E-state index >= 15 is 0 Å². The molecule has 2 atom stereocenters. The molecule has 0 amide bonds. The molecule has 0 unspecified atom stereocenters. The van der Waals surface area contributed by atoms with Gasteiger partial charge in [0.05, 0.1) is 11.9 Å². The molecule has 4 heterocycles. The number of alkyl halides is 3. The molecule has 0 spiro atoms. The molecular weight excluding hydrogens is 331 g/mol. The number of hydrogen-bond donors (Lipinski definition) is 0. The smallest absolute Gasteiger partial charge is 0.370 e. The summed E-state index contributed by atoms with van der Waals surface area (Å²) in [5, 5.41) is 0. The average Bonchev–Trinajstić information content (AvgIpc) is 3.05. The summed E-state index contributed by atoms with van der Waals surface area (Å²) in [4.78, 5) is 16.1. The molecule has 2 saturated heterocycles. The van der Waals surface area contributed by atoms with Gasteiger partial charge in [0.1, 0.15) is 5.69 Å². The van der Waals surface area contributed by atoms with Crippen LogP contribution in [0, 0.1) is 11.8 Å². The van der Waals surface area contributed by atoms with E-state index in [1.165, 1.54) is 6.20 Å². The lowest BCUT2D eigenvalue weighted by Gasteiger charge is -2.35. The van der Waals surface area contributed by atoms with Crippen molar-refractivity contribution >= 4 is 11.6 Å². The molecule has 0 radical (unpaired) electrons. The molecule has 0 aromatic carbocycles. The Morgan fingerprint density at radius 2 is 1.80 bits per heavy atom. The number of nitrogens with zero attached hydrogens (tertiary/aromatic N) is 5. The summed E-state index contributed by atoms with van der Waals surface area (Å²) in [6, 6.07) is 4.87. The van der Waals surface area contributed by atoms with Crippen molar-refractivity contribution in [3.05, 3.63) is 42.5 Å². The molecule has 132 valence electrons. The maximum Gasteiger partial charge on any atom is 0.433 e. The minimum atomic E-state index is -4.44. The number of halogens is 3. The third-order valence-corrected chi connectivity index (χ3v) is 5.03. The summed E-state index contributed by atoms with van der Waals surface area (Å²) < 4.78 is 38.6. The Kier molecular flexibility index (Phi) is 3.97. The van der Waals surface area contributed by atoms with Crippen molar-refractivity contribution in [1.82, 2.24) is 15.0 Å². The van der Waals surface area contributed by atoms with Gasteiger partial charge in [0.15, 0.2) is 0 Å². The van der Waals surface area contributed by atoms with Gasteiger partial charge in [-0.3, -0.25) is 4.98 Å². The van der Waals surface area contributed by atoms with Gasteiger partial charge in [-0.05, 0) is 36.5 Å². The number of piperidine rings is 1. The van der Waals surface area contributed by atoms with Gasteiger partial charge in [0.2, 0.25) is 5.95 Å². The molecule has 0 N–H and O–H groups in total. The standard InChI is InChI=1S/C17H18F3N5/c18-17(19,20)15-3-6-22-16(23-15)25-9-12-4-7-24(10-13(12)11-25)14-2-1-5-21-8-14/h1-3,5-6,8,12-13H,4,7,9-11H2/t12-,13+/m1/s1. The number of fused-ring (bicyclic) bond motifs is 1. The van der Waals surface area contributed by atoms with Crippen LogP contribution in [0.1, 0.15) is 12.1 Å². The van der Waals surface area contributed by atoms with E-state index < -0.39 is 11.9 Å². The van der Waals surface area contributed by atoms with Gasteiger partial charge in [-0.1, -0.05) is 0 Å². The zero-order valence-corrected chi connectivity index (χ0v) is 13.5. The zero-order valence-electron chi connectivity index (χ0n) is 13.5. The van der Waals surface area contributed by atoms with E-state index in [9.17, 15) is 13.2 Å². The van der Waals surface area contributed by atoms with Gasteiger partial charge < -0.3 is 9.80 Å². The molecule has 8 heteroatoms. The molecule has 0 bridgehead atoms. The van der Waals surface area contributed by atoms with Crippen molar-refractivity contribution in [1.29, 1.82) is 0 Å². The first-order valence-electron chi connectivity index (χ1n) is 8.31. The molecule has 2 fully saturated rings. The zero-order chi connectivity index (χ0) is 17.4. The predicted octanol–water partition coefficient (Wildman–Crippen LogP) is 2.85. The molecular formula is C17H18F3N5. The van der Waals surface area contributed by atoms with Crippen molar-refractivity contribution in [3.8, 4) is 0 Å². The summed E-state index contributed by atoms with van der Waals surface area (Å²) in [5.74, 6) is 1.04. The monoisotopic (exact) mass is 349 g/mol. The average molecular weight is 349 g/mol. The van der Waals surface area contributed by atoms with Gasteiger partial charge >= 0.3 is 6.18 Å². The number of hydrogen-bond acceptors (Lipinski definition) is 5. The fourth-order valence-corrected chi connectivity index (χ4v) is 3.77. The first-order chi connectivity index (χ1) is 12.0. The van der Waals surface area contributed by atoms with Gasteiger partial charge in [-0.2, -0.15) is 13.2 Å². The van der Waals surface area contributed by atoms with Crippen LogP contribution in [0.15, 0.2) is 36.8 Å². The summed E-state index contributed by atoms with van der Waals surface area (Å²) in [6.45, 7) is 3.21. The van der Waals surface area contributed by atoms with E-state index in [1.807, 2.05) is 23.2 Å². The fraction of sp³-hybridized carbons (Fsp3) is 0.471. The molecule has 4 rings (SSSR count). The SMILES string of the molecule is FC(F)(F)c1ccnc(N2C[C@H]3CCN(c4cccnc4)C[C@H]3C2)n1. The third-order valence-electron chi connectivity index (χ3n) is 5.03. The quantitative estimate of drug-likeness (QED) is 0.834. The molecule has 0 saturated carbocycles. The topological polar surface area (TPSA) is 45.2 Å². The Labute approximate surface area is 143 Å². The van der Waals surface area contributed by atoms with E-state index in [-0.39, 0.29) is 5.95 Å². The van der Waals surface area contributed by atoms with Crippen LogP contribution in [0.5, 0.6) is 0 Å². The predicted molar refractivity (Wildman–Crippen MR) is 87.3 cm³/mol. The highest BCUT2D eigenvalue weighted by atomic mass is 19.4. The van der Waals surface area contributed by atoms with Gasteiger partial charge in [-0.15, -0.1) is 0 Å².